The predicted octanol–water partition coefficient (Wildman–Crippen LogP) is 10.2. The Morgan fingerprint density at radius 3 is 1.53 bits per heavy atom. The summed E-state index contributed by atoms with van der Waals surface area (Å²) in [5.41, 5.74) is 5.32. The third kappa shape index (κ3) is 36.2. The minimum Gasteiger partial charge on any atom is -0.480 e. The molecule has 0 fully saturated rings. The molecule has 0 saturated carbocycles. The summed E-state index contributed by atoms with van der Waals surface area (Å²) < 4.78 is 32.6. The van der Waals surface area contributed by atoms with Crippen molar-refractivity contribution >= 4 is 25.7 Å². The predicted molar refractivity (Wildman–Crippen MR) is 212 cm³/mol. The van der Waals surface area contributed by atoms with Gasteiger partial charge in [-0.2, -0.15) is 0 Å². The molecule has 0 aliphatic rings. The number of phosphoric acid groups is 1. The number of esters is 2. The molecular formula is C41H72NO10P. The Labute approximate surface area is 320 Å². The Morgan fingerprint density at radius 2 is 1.02 bits per heavy atom. The lowest BCUT2D eigenvalue weighted by Crippen LogP contribution is -2.34. The van der Waals surface area contributed by atoms with E-state index in [1.54, 1.807) is 0 Å². The fourth-order valence-corrected chi connectivity index (χ4v) is 5.83. The first-order valence-electron chi connectivity index (χ1n) is 20.2. The summed E-state index contributed by atoms with van der Waals surface area (Å²) in [6.07, 6.45) is 38.9. The van der Waals surface area contributed by atoms with Crippen molar-refractivity contribution in [2.24, 2.45) is 5.73 Å². The van der Waals surface area contributed by atoms with Crippen molar-refractivity contribution < 1.29 is 47.5 Å². The maximum atomic E-state index is 12.6. The number of carbonyl (C=O) groups is 3. The smallest absolute Gasteiger partial charge is 0.472 e. The number of carbonyl (C=O) groups excluding carboxylic acids is 2. The maximum Gasteiger partial charge on any atom is 0.472 e. The standard InChI is InChI=1S/C41H72NO10P/c1-3-5-7-9-11-13-15-17-19-21-22-24-26-28-30-32-39(43)49-34-37(35-50-53(47,48)51-36-38(42)41(45)46)52-40(44)33-31-29-27-25-23-20-18-16-14-12-10-8-6-4-2/h10-13,16-19,37-38H,3-9,14-15,20-36,42H2,1-2H3,(H,45,46)(H,47,48)/b12-10+,13-11+,18-16+,19-17+/t37-,38+/m1/s1. The van der Waals surface area contributed by atoms with E-state index in [4.69, 9.17) is 24.8 Å². The minimum atomic E-state index is -4.72. The average molecular weight is 770 g/mol. The zero-order valence-corrected chi connectivity index (χ0v) is 33.7. The summed E-state index contributed by atoms with van der Waals surface area (Å²) >= 11 is 0. The Morgan fingerprint density at radius 1 is 0.585 bits per heavy atom. The Balaban J connectivity index is 4.47. The molecule has 0 aromatic carbocycles. The van der Waals surface area contributed by atoms with E-state index in [0.717, 1.165) is 89.9 Å². The van der Waals surface area contributed by atoms with Crippen LogP contribution in [0.15, 0.2) is 48.6 Å². The number of phosphoric ester groups is 1. The van der Waals surface area contributed by atoms with Gasteiger partial charge in [-0.25, -0.2) is 4.57 Å². The third-order valence-corrected chi connectivity index (χ3v) is 9.25. The zero-order valence-electron chi connectivity index (χ0n) is 32.8. The molecule has 0 aliphatic heterocycles. The van der Waals surface area contributed by atoms with Crippen molar-refractivity contribution in [1.29, 1.82) is 0 Å². The van der Waals surface area contributed by atoms with Gasteiger partial charge in [-0.05, 0) is 70.6 Å². The molecule has 0 aromatic rings. The number of hydrogen-bond acceptors (Lipinski definition) is 9. The van der Waals surface area contributed by atoms with Crippen LogP contribution in [0.4, 0.5) is 0 Å². The van der Waals surface area contributed by atoms with Crippen LogP contribution >= 0.6 is 7.82 Å². The van der Waals surface area contributed by atoms with Gasteiger partial charge in [0.25, 0.3) is 0 Å². The van der Waals surface area contributed by atoms with Crippen LogP contribution in [-0.4, -0.2) is 59.9 Å². The van der Waals surface area contributed by atoms with Gasteiger partial charge in [-0.15, -0.1) is 0 Å². The Hall–Kier alpha value is -2.56. The quantitative estimate of drug-likeness (QED) is 0.0238. The van der Waals surface area contributed by atoms with E-state index in [9.17, 15) is 23.8 Å². The third-order valence-electron chi connectivity index (χ3n) is 8.30. The SMILES string of the molecule is CCCC/C=C/C/C=C/CCCCCCCC(=O)O[C@H](COC(=O)CCCCCCC/C=C/C/C=C/CCCCC)COP(=O)(O)OC[C@H](N)C(=O)O. The van der Waals surface area contributed by atoms with E-state index in [1.807, 2.05) is 0 Å². The largest absolute Gasteiger partial charge is 0.480 e. The Bertz CT molecular complexity index is 1090. The molecule has 0 radical (unpaired) electrons. The van der Waals surface area contributed by atoms with Crippen LogP contribution in [0.25, 0.3) is 0 Å². The van der Waals surface area contributed by atoms with Crippen molar-refractivity contribution in [3.8, 4) is 0 Å². The van der Waals surface area contributed by atoms with Crippen LogP contribution in [0.2, 0.25) is 0 Å². The first kappa shape index (κ1) is 50.4. The van der Waals surface area contributed by atoms with Crippen molar-refractivity contribution in [2.75, 3.05) is 19.8 Å². The highest BCUT2D eigenvalue weighted by molar-refractivity contribution is 7.47. The number of carboxylic acid groups (broad SMARTS) is 1. The summed E-state index contributed by atoms with van der Waals surface area (Å²) in [7, 11) is -4.72. The van der Waals surface area contributed by atoms with Crippen LogP contribution in [0.3, 0.4) is 0 Å². The molecule has 0 aromatic heterocycles. The summed E-state index contributed by atoms with van der Waals surface area (Å²) in [6.45, 7) is 2.69. The normalized spacial score (nSPS) is 14.3. The molecule has 0 spiro atoms. The van der Waals surface area contributed by atoms with Gasteiger partial charge in [-0.1, -0.05) is 127 Å². The number of nitrogens with two attached hydrogens (primary N) is 1. The summed E-state index contributed by atoms with van der Waals surface area (Å²) in [6, 6.07) is -1.53. The number of allylic oxidation sites excluding steroid dienone is 8. The van der Waals surface area contributed by atoms with Crippen LogP contribution in [-0.2, 0) is 37.5 Å². The van der Waals surface area contributed by atoms with Gasteiger partial charge >= 0.3 is 25.7 Å². The van der Waals surface area contributed by atoms with E-state index in [-0.39, 0.29) is 19.4 Å². The average Bonchev–Trinajstić information content (AvgIpc) is 3.13. The lowest BCUT2D eigenvalue weighted by molar-refractivity contribution is -0.161. The first-order chi connectivity index (χ1) is 25.6. The second kappa shape index (κ2) is 36.4. The van der Waals surface area contributed by atoms with Crippen molar-refractivity contribution in [1.82, 2.24) is 0 Å². The van der Waals surface area contributed by atoms with Crippen molar-refractivity contribution in [2.45, 2.75) is 174 Å². The first-order valence-corrected chi connectivity index (χ1v) is 21.7. The van der Waals surface area contributed by atoms with E-state index >= 15 is 0 Å². The van der Waals surface area contributed by atoms with E-state index in [0.29, 0.717) is 12.8 Å². The number of ether oxygens (including phenoxy) is 2. The molecule has 0 heterocycles. The minimum absolute atomic E-state index is 0.140. The molecule has 0 aliphatic carbocycles. The van der Waals surface area contributed by atoms with E-state index in [2.05, 4.69) is 67.0 Å². The van der Waals surface area contributed by atoms with Gasteiger partial charge in [0.15, 0.2) is 6.10 Å². The van der Waals surface area contributed by atoms with Crippen molar-refractivity contribution in [3.63, 3.8) is 0 Å². The molecule has 12 heteroatoms. The summed E-state index contributed by atoms with van der Waals surface area (Å²) in [4.78, 5) is 45.8. The highest BCUT2D eigenvalue weighted by atomic mass is 31.2. The fourth-order valence-electron chi connectivity index (χ4n) is 5.05. The van der Waals surface area contributed by atoms with E-state index in [1.165, 1.54) is 32.1 Å². The molecule has 1 unspecified atom stereocenters. The van der Waals surface area contributed by atoms with Crippen LogP contribution in [0.5, 0.6) is 0 Å². The molecule has 4 N–H and O–H groups in total. The molecular weight excluding hydrogens is 697 g/mol. The topological polar surface area (TPSA) is 172 Å². The monoisotopic (exact) mass is 769 g/mol. The number of hydrogen-bond donors (Lipinski definition) is 3. The number of rotatable bonds is 37. The molecule has 0 saturated heterocycles. The van der Waals surface area contributed by atoms with Gasteiger partial charge in [-0.3, -0.25) is 23.4 Å². The van der Waals surface area contributed by atoms with Crippen LogP contribution < -0.4 is 5.73 Å². The molecule has 53 heavy (non-hydrogen) atoms. The molecule has 3 atom stereocenters. The van der Waals surface area contributed by atoms with Gasteiger partial charge < -0.3 is 25.2 Å². The van der Waals surface area contributed by atoms with Gasteiger partial charge in [0.2, 0.25) is 0 Å². The lowest BCUT2D eigenvalue weighted by atomic mass is 10.1. The van der Waals surface area contributed by atoms with Crippen LogP contribution in [0, 0.1) is 0 Å². The second-order valence-electron chi connectivity index (χ2n) is 13.4. The number of carboxylic acids is 1. The van der Waals surface area contributed by atoms with Gasteiger partial charge in [0, 0.05) is 12.8 Å². The van der Waals surface area contributed by atoms with Crippen molar-refractivity contribution in [3.05, 3.63) is 48.6 Å². The molecule has 306 valence electrons. The van der Waals surface area contributed by atoms with Crippen LogP contribution in [0.1, 0.15) is 162 Å². The summed E-state index contributed by atoms with van der Waals surface area (Å²) in [5, 5.41) is 8.87. The molecule has 0 amide bonds. The zero-order chi connectivity index (χ0) is 39.3. The highest BCUT2D eigenvalue weighted by Crippen LogP contribution is 2.43. The van der Waals surface area contributed by atoms with Gasteiger partial charge in [0.1, 0.15) is 12.6 Å². The number of unbranched alkanes of at least 4 members (excludes halogenated alkanes) is 15. The highest BCUT2D eigenvalue weighted by Gasteiger charge is 2.28. The Kier molecular flexibility index (Phi) is 34.7. The maximum absolute atomic E-state index is 12.6. The lowest BCUT2D eigenvalue weighted by Gasteiger charge is -2.20. The number of aliphatic carboxylic acids is 1. The fraction of sp³-hybridized carbons (Fsp3) is 0.732. The molecule has 0 rings (SSSR count). The summed E-state index contributed by atoms with van der Waals surface area (Å²) in [5.74, 6) is -2.42. The molecule has 11 nitrogen and oxygen atoms in total. The molecule has 0 bridgehead atoms. The van der Waals surface area contributed by atoms with E-state index < -0.39 is 51.1 Å². The van der Waals surface area contributed by atoms with Gasteiger partial charge in [0.05, 0.1) is 13.2 Å². The second-order valence-corrected chi connectivity index (χ2v) is 14.9.